The van der Waals surface area contributed by atoms with Gasteiger partial charge in [-0.2, -0.15) is 13.2 Å². The molecule has 15 heteroatoms. The van der Waals surface area contributed by atoms with Gasteiger partial charge in [0.05, 0.1) is 34.9 Å². The number of anilines is 1. The number of hydrogen-bond acceptors (Lipinski definition) is 9. The summed E-state index contributed by atoms with van der Waals surface area (Å²) in [5.74, 6) is -2.59. The number of carbonyl (C=O) groups is 2. The van der Waals surface area contributed by atoms with Crippen molar-refractivity contribution in [3.63, 3.8) is 0 Å². The highest BCUT2D eigenvalue weighted by Gasteiger charge is 2.38. The predicted octanol–water partition coefficient (Wildman–Crippen LogP) is 4.41. The molecule has 0 amide bonds. The van der Waals surface area contributed by atoms with Gasteiger partial charge < -0.3 is 24.7 Å². The van der Waals surface area contributed by atoms with Gasteiger partial charge in [0, 0.05) is 18.5 Å². The molecule has 4 heterocycles. The number of aliphatic carboxylic acids is 1. The summed E-state index contributed by atoms with van der Waals surface area (Å²) in [5.41, 5.74) is 7.84. The Morgan fingerprint density at radius 2 is 2.00 bits per heavy atom. The Hall–Kier alpha value is -3.91. The molecule has 0 fully saturated rings. The van der Waals surface area contributed by atoms with Gasteiger partial charge in [-0.05, 0) is 30.2 Å². The number of nitrogens with zero attached hydrogens (tertiary/aromatic N) is 4. The number of halogens is 4. The van der Waals surface area contributed by atoms with Gasteiger partial charge in [0.25, 0.3) is 0 Å². The summed E-state index contributed by atoms with van der Waals surface area (Å²) in [6.45, 7) is 0.451. The molecule has 0 saturated heterocycles. The molecule has 10 nitrogen and oxygen atoms in total. The highest BCUT2D eigenvalue weighted by molar-refractivity contribution is 7.19. The standard InChI is InChI=1S/C20H18ClN5O3S.C2HF3O2/c1-28-20(27)14(6-12-2-5-19(22)23-8-12)15-10-26(11-24-15)9-13-7-16(29-25-13)17-3-4-18(21)30-17;3-2(4,5)1(6)7/h2-5,7-8,10-11,14H,6,9H2,1H3,(H2,22,23);(H,6,7). The van der Waals surface area contributed by atoms with E-state index in [2.05, 4.69) is 15.1 Å². The van der Waals surface area contributed by atoms with Crippen molar-refractivity contribution in [2.75, 3.05) is 12.8 Å². The van der Waals surface area contributed by atoms with Crippen molar-refractivity contribution in [1.29, 1.82) is 0 Å². The summed E-state index contributed by atoms with van der Waals surface area (Å²) in [4.78, 5) is 30.6. The maximum absolute atomic E-state index is 12.4. The Bertz CT molecular complexity index is 1350. The number of alkyl halides is 3. The number of carboxylic acids is 1. The fourth-order valence-electron chi connectivity index (χ4n) is 3.02. The van der Waals surface area contributed by atoms with E-state index in [9.17, 15) is 18.0 Å². The third-order valence-electron chi connectivity index (χ3n) is 4.75. The van der Waals surface area contributed by atoms with Crippen LogP contribution in [0.25, 0.3) is 10.6 Å². The first kappa shape index (κ1) is 27.7. The first-order valence-corrected chi connectivity index (χ1v) is 11.5. The van der Waals surface area contributed by atoms with Crippen molar-refractivity contribution in [2.24, 2.45) is 0 Å². The number of methoxy groups -OCH3 is 1. The highest BCUT2D eigenvalue weighted by Crippen LogP contribution is 2.31. The van der Waals surface area contributed by atoms with Crippen LogP contribution in [-0.2, 0) is 27.3 Å². The number of ether oxygens (including phenoxy) is 1. The molecule has 0 bridgehead atoms. The minimum atomic E-state index is -5.08. The van der Waals surface area contributed by atoms with E-state index in [4.69, 9.17) is 36.5 Å². The molecule has 3 N–H and O–H groups in total. The smallest absolute Gasteiger partial charge is 0.475 e. The van der Waals surface area contributed by atoms with Crippen LogP contribution in [0.4, 0.5) is 19.0 Å². The van der Waals surface area contributed by atoms with E-state index >= 15 is 0 Å². The first-order chi connectivity index (χ1) is 17.5. The van der Waals surface area contributed by atoms with Gasteiger partial charge in [-0.15, -0.1) is 11.3 Å². The molecular formula is C22H19ClF3N5O5S. The van der Waals surface area contributed by atoms with E-state index in [1.54, 1.807) is 18.6 Å². The van der Waals surface area contributed by atoms with Crippen molar-refractivity contribution in [2.45, 2.75) is 25.1 Å². The van der Waals surface area contributed by atoms with Crippen LogP contribution in [0.1, 0.15) is 22.9 Å². The van der Waals surface area contributed by atoms with Gasteiger partial charge in [-0.25, -0.2) is 14.8 Å². The van der Waals surface area contributed by atoms with Crippen LogP contribution in [0.2, 0.25) is 4.34 Å². The molecule has 37 heavy (non-hydrogen) atoms. The van der Waals surface area contributed by atoms with Gasteiger partial charge in [0.2, 0.25) is 0 Å². The minimum absolute atomic E-state index is 0.365. The number of hydrogen-bond donors (Lipinski definition) is 2. The Morgan fingerprint density at radius 1 is 1.27 bits per heavy atom. The van der Waals surface area contributed by atoms with Crippen molar-refractivity contribution in [3.8, 4) is 10.6 Å². The van der Waals surface area contributed by atoms with Crippen LogP contribution in [0.5, 0.6) is 0 Å². The van der Waals surface area contributed by atoms with Crippen molar-refractivity contribution < 1.29 is 37.1 Å². The molecule has 0 aliphatic carbocycles. The lowest BCUT2D eigenvalue weighted by Crippen LogP contribution is -2.21. The second-order valence-electron chi connectivity index (χ2n) is 7.43. The zero-order valence-corrected chi connectivity index (χ0v) is 20.5. The quantitative estimate of drug-likeness (QED) is 0.315. The normalized spacial score (nSPS) is 11.9. The molecule has 0 aromatic carbocycles. The number of esters is 1. The van der Waals surface area contributed by atoms with E-state index in [-0.39, 0.29) is 5.97 Å². The SMILES string of the molecule is COC(=O)C(Cc1ccc(N)nc1)c1cn(Cc2cc(-c3ccc(Cl)s3)on2)cn1.O=C(O)C(F)(F)F. The molecular weight excluding hydrogens is 539 g/mol. The van der Waals surface area contributed by atoms with E-state index in [0.29, 0.717) is 34.6 Å². The first-order valence-electron chi connectivity index (χ1n) is 10.3. The number of pyridine rings is 1. The molecule has 4 aromatic rings. The summed E-state index contributed by atoms with van der Waals surface area (Å²) in [5, 5.41) is 11.2. The van der Waals surface area contributed by atoms with Gasteiger partial charge >= 0.3 is 18.1 Å². The Kier molecular flexibility index (Phi) is 8.89. The average Bonchev–Trinajstić information content (AvgIpc) is 3.60. The Morgan fingerprint density at radius 3 is 2.57 bits per heavy atom. The summed E-state index contributed by atoms with van der Waals surface area (Å²) >= 11 is 7.40. The van der Waals surface area contributed by atoms with Crippen LogP contribution >= 0.6 is 22.9 Å². The van der Waals surface area contributed by atoms with E-state index in [1.165, 1.54) is 18.4 Å². The molecule has 1 unspecified atom stereocenters. The van der Waals surface area contributed by atoms with E-state index in [0.717, 1.165) is 16.1 Å². The highest BCUT2D eigenvalue weighted by atomic mass is 35.5. The van der Waals surface area contributed by atoms with E-state index in [1.807, 2.05) is 35.0 Å². The molecule has 0 radical (unpaired) electrons. The molecule has 0 spiro atoms. The molecule has 4 aromatic heterocycles. The van der Waals surface area contributed by atoms with Crippen LogP contribution in [-0.4, -0.2) is 50.0 Å². The monoisotopic (exact) mass is 557 g/mol. The van der Waals surface area contributed by atoms with Crippen LogP contribution in [0.3, 0.4) is 0 Å². The molecule has 0 aliphatic heterocycles. The van der Waals surface area contributed by atoms with Gasteiger partial charge in [-0.1, -0.05) is 22.8 Å². The number of carbonyl (C=O) groups excluding carboxylic acids is 1. The summed E-state index contributed by atoms with van der Waals surface area (Å²) in [6.07, 6.45) is 0.436. The second-order valence-corrected chi connectivity index (χ2v) is 9.15. The summed E-state index contributed by atoms with van der Waals surface area (Å²) in [7, 11) is 1.36. The summed E-state index contributed by atoms with van der Waals surface area (Å²) in [6, 6.07) is 9.10. The number of nitrogens with two attached hydrogens (primary N) is 1. The lowest BCUT2D eigenvalue weighted by Gasteiger charge is -2.12. The fourth-order valence-corrected chi connectivity index (χ4v) is 4.01. The lowest BCUT2D eigenvalue weighted by molar-refractivity contribution is -0.192. The zero-order valence-electron chi connectivity index (χ0n) is 19.0. The van der Waals surface area contributed by atoms with Crippen LogP contribution in [0, 0.1) is 0 Å². The van der Waals surface area contributed by atoms with E-state index < -0.39 is 18.1 Å². The summed E-state index contributed by atoms with van der Waals surface area (Å²) < 4.78 is 44.7. The molecule has 1 atom stereocenters. The molecule has 0 saturated carbocycles. The van der Waals surface area contributed by atoms with Crippen LogP contribution in [0.15, 0.2) is 53.6 Å². The maximum Gasteiger partial charge on any atom is 0.490 e. The Labute approximate surface area is 216 Å². The number of nitrogen functional groups attached to an aromatic ring is 1. The largest absolute Gasteiger partial charge is 0.490 e. The maximum atomic E-state index is 12.4. The average molecular weight is 558 g/mol. The topological polar surface area (TPSA) is 146 Å². The number of thiophene rings is 1. The van der Waals surface area contributed by atoms with Crippen LogP contribution < -0.4 is 5.73 Å². The van der Waals surface area contributed by atoms with Gasteiger partial charge in [-0.3, -0.25) is 4.79 Å². The minimum Gasteiger partial charge on any atom is -0.475 e. The Balaban J connectivity index is 0.000000479. The third kappa shape index (κ3) is 7.79. The number of carboxylic acid groups (broad SMARTS) is 1. The van der Waals surface area contributed by atoms with Gasteiger partial charge in [0.1, 0.15) is 17.4 Å². The molecule has 0 aliphatic rings. The lowest BCUT2D eigenvalue weighted by atomic mass is 9.98. The number of rotatable bonds is 7. The number of imidazole rings is 1. The van der Waals surface area contributed by atoms with Gasteiger partial charge in [0.15, 0.2) is 5.76 Å². The van der Waals surface area contributed by atoms with Crippen molar-refractivity contribution in [1.82, 2.24) is 19.7 Å². The zero-order chi connectivity index (χ0) is 27.2. The fraction of sp³-hybridized carbons (Fsp3) is 0.227. The second kappa shape index (κ2) is 11.9. The number of aromatic nitrogens is 4. The predicted molar refractivity (Wildman–Crippen MR) is 127 cm³/mol. The van der Waals surface area contributed by atoms with Crippen molar-refractivity contribution >= 4 is 40.7 Å². The molecule has 196 valence electrons. The molecule has 4 rings (SSSR count). The van der Waals surface area contributed by atoms with Crippen molar-refractivity contribution in [3.05, 3.63) is 70.3 Å². The third-order valence-corrected chi connectivity index (χ3v) is 5.99.